The van der Waals surface area contributed by atoms with Gasteiger partial charge in [-0.05, 0) is 58.8 Å². The fourth-order valence-electron chi connectivity index (χ4n) is 2.21. The molecule has 1 N–H and O–H groups in total. The van der Waals surface area contributed by atoms with E-state index in [9.17, 15) is 10.1 Å². The molecule has 0 spiro atoms. The van der Waals surface area contributed by atoms with E-state index in [1.54, 1.807) is 18.2 Å². The highest BCUT2D eigenvalue weighted by molar-refractivity contribution is 9.11. The van der Waals surface area contributed by atoms with Gasteiger partial charge in [0, 0.05) is 15.7 Å². The summed E-state index contributed by atoms with van der Waals surface area (Å²) in [6.07, 6.45) is 3.12. The lowest BCUT2D eigenvalue weighted by molar-refractivity contribution is -0.112. The summed E-state index contributed by atoms with van der Waals surface area (Å²) in [5, 5.41) is 12.2. The van der Waals surface area contributed by atoms with E-state index >= 15 is 0 Å². The van der Waals surface area contributed by atoms with Crippen LogP contribution in [0.2, 0.25) is 0 Å². The molecule has 2 aromatic rings. The summed E-state index contributed by atoms with van der Waals surface area (Å²) in [7, 11) is 0. The van der Waals surface area contributed by atoms with Crippen LogP contribution in [-0.2, 0) is 4.79 Å². The molecular formula is C20H16Br2N2O2. The topological polar surface area (TPSA) is 62.1 Å². The van der Waals surface area contributed by atoms with Gasteiger partial charge < -0.3 is 10.1 Å². The Morgan fingerprint density at radius 1 is 1.35 bits per heavy atom. The zero-order valence-corrected chi connectivity index (χ0v) is 17.2. The smallest absolute Gasteiger partial charge is 0.266 e. The van der Waals surface area contributed by atoms with Crippen molar-refractivity contribution >= 4 is 49.5 Å². The van der Waals surface area contributed by atoms with Crippen molar-refractivity contribution in [3.8, 4) is 11.8 Å². The van der Waals surface area contributed by atoms with Gasteiger partial charge in [-0.1, -0.05) is 40.7 Å². The maximum Gasteiger partial charge on any atom is 0.266 e. The third kappa shape index (κ3) is 5.32. The minimum atomic E-state index is -0.483. The average Bonchev–Trinajstić information content (AvgIpc) is 2.58. The molecule has 2 rings (SSSR count). The predicted molar refractivity (Wildman–Crippen MR) is 111 cm³/mol. The number of ether oxygens (including phenoxy) is 1. The molecule has 0 radical (unpaired) electrons. The maximum atomic E-state index is 12.5. The number of nitriles is 1. The minimum absolute atomic E-state index is 0.0278. The zero-order valence-electron chi connectivity index (χ0n) is 14.1. The number of anilines is 1. The highest BCUT2D eigenvalue weighted by Gasteiger charge is 2.14. The van der Waals surface area contributed by atoms with Gasteiger partial charge in [0.15, 0.2) is 0 Å². The molecule has 0 aromatic heterocycles. The molecule has 26 heavy (non-hydrogen) atoms. The normalized spacial score (nSPS) is 10.8. The lowest BCUT2D eigenvalue weighted by Crippen LogP contribution is -2.13. The Hall–Kier alpha value is -2.36. The number of aryl methyl sites for hydroxylation is 1. The van der Waals surface area contributed by atoms with Crippen molar-refractivity contribution in [3.63, 3.8) is 0 Å². The highest BCUT2D eigenvalue weighted by Crippen LogP contribution is 2.34. The lowest BCUT2D eigenvalue weighted by atomic mass is 10.1. The number of halogens is 2. The average molecular weight is 476 g/mol. The summed E-state index contributed by atoms with van der Waals surface area (Å²) in [4.78, 5) is 12.5. The maximum absolute atomic E-state index is 12.5. The van der Waals surface area contributed by atoms with Crippen LogP contribution in [-0.4, -0.2) is 12.5 Å². The SMILES string of the molecule is C=CCOc1c(Br)cc(Br)cc1/C=C(\C#N)C(=O)Nc1cccc(C)c1. The zero-order chi connectivity index (χ0) is 19.1. The van der Waals surface area contributed by atoms with Crippen molar-refractivity contribution in [1.29, 1.82) is 5.26 Å². The van der Waals surface area contributed by atoms with Gasteiger partial charge in [0.2, 0.25) is 0 Å². The molecule has 0 atom stereocenters. The lowest BCUT2D eigenvalue weighted by Gasteiger charge is -2.11. The Kier molecular flexibility index (Phi) is 7.19. The number of rotatable bonds is 6. The Morgan fingerprint density at radius 3 is 2.77 bits per heavy atom. The van der Waals surface area contributed by atoms with E-state index in [0.717, 1.165) is 10.0 Å². The first-order valence-electron chi connectivity index (χ1n) is 7.67. The summed E-state index contributed by atoms with van der Waals surface area (Å²) in [5.41, 5.74) is 2.22. The first kappa shape index (κ1) is 20.0. The van der Waals surface area contributed by atoms with Crippen LogP contribution in [0.25, 0.3) is 6.08 Å². The third-order valence-electron chi connectivity index (χ3n) is 3.32. The molecule has 132 valence electrons. The van der Waals surface area contributed by atoms with Crippen molar-refractivity contribution in [1.82, 2.24) is 0 Å². The second-order valence-corrected chi connectivity index (χ2v) is 7.17. The molecule has 0 saturated carbocycles. The van der Waals surface area contributed by atoms with Gasteiger partial charge in [0.25, 0.3) is 5.91 Å². The molecule has 0 aliphatic carbocycles. The molecule has 0 aliphatic heterocycles. The van der Waals surface area contributed by atoms with Gasteiger partial charge in [-0.2, -0.15) is 5.26 Å². The largest absolute Gasteiger partial charge is 0.488 e. The third-order valence-corrected chi connectivity index (χ3v) is 4.37. The molecule has 4 nitrogen and oxygen atoms in total. The molecule has 0 heterocycles. The number of carbonyl (C=O) groups is 1. The predicted octanol–water partition coefficient (Wildman–Crippen LogP) is 5.63. The standard InChI is InChI=1S/C20H16Br2N2O2/c1-3-7-26-19-14(10-16(21)11-18(19)22)9-15(12-23)20(25)24-17-6-4-5-13(2)8-17/h3-6,8-11H,1,7H2,2H3,(H,24,25)/b15-9+. The van der Waals surface area contributed by atoms with Crippen LogP contribution >= 0.6 is 31.9 Å². The highest BCUT2D eigenvalue weighted by atomic mass is 79.9. The summed E-state index contributed by atoms with van der Waals surface area (Å²) >= 11 is 6.84. The van der Waals surface area contributed by atoms with Crippen molar-refractivity contribution in [3.05, 3.63) is 74.7 Å². The molecule has 1 amide bonds. The number of hydrogen-bond donors (Lipinski definition) is 1. The summed E-state index contributed by atoms with van der Waals surface area (Å²) < 4.78 is 7.15. The van der Waals surface area contributed by atoms with Crippen molar-refractivity contribution in [2.24, 2.45) is 0 Å². The van der Waals surface area contributed by atoms with Gasteiger partial charge in [-0.3, -0.25) is 4.79 Å². The van der Waals surface area contributed by atoms with E-state index in [2.05, 4.69) is 43.8 Å². The molecule has 6 heteroatoms. The number of nitrogens with zero attached hydrogens (tertiary/aromatic N) is 1. The van der Waals surface area contributed by atoms with Gasteiger partial charge in [0.1, 0.15) is 24.0 Å². The molecule has 2 aromatic carbocycles. The second kappa shape index (κ2) is 9.37. The van der Waals surface area contributed by atoms with Crippen molar-refractivity contribution in [2.45, 2.75) is 6.92 Å². The molecule has 0 fully saturated rings. The van der Waals surface area contributed by atoms with Gasteiger partial charge >= 0.3 is 0 Å². The summed E-state index contributed by atoms with van der Waals surface area (Å²) in [6, 6.07) is 12.9. The Morgan fingerprint density at radius 2 is 2.12 bits per heavy atom. The monoisotopic (exact) mass is 474 g/mol. The summed E-state index contributed by atoms with van der Waals surface area (Å²) in [5.74, 6) is 0.0491. The quantitative estimate of drug-likeness (QED) is 0.334. The summed E-state index contributed by atoms with van der Waals surface area (Å²) in [6.45, 7) is 5.86. The Balaban J connectivity index is 2.37. The van der Waals surface area contributed by atoms with Crippen LogP contribution in [0.4, 0.5) is 5.69 Å². The molecular weight excluding hydrogens is 460 g/mol. The fourth-order valence-corrected chi connectivity index (χ4v) is 3.58. The van der Waals surface area contributed by atoms with Crippen LogP contribution in [0.1, 0.15) is 11.1 Å². The number of carbonyl (C=O) groups excluding carboxylic acids is 1. The Labute approximate surface area is 169 Å². The van der Waals surface area contributed by atoms with Crippen LogP contribution < -0.4 is 10.1 Å². The first-order chi connectivity index (χ1) is 12.4. The van der Waals surface area contributed by atoms with E-state index in [1.165, 1.54) is 6.08 Å². The number of nitrogens with one attached hydrogen (secondary N) is 1. The Bertz CT molecular complexity index is 915. The van der Waals surface area contributed by atoms with Crippen molar-refractivity contribution < 1.29 is 9.53 Å². The second-order valence-electron chi connectivity index (χ2n) is 5.40. The van der Waals surface area contributed by atoms with Crippen LogP contribution in [0.5, 0.6) is 5.75 Å². The molecule has 0 aliphatic rings. The van der Waals surface area contributed by atoms with Gasteiger partial charge in [0.05, 0.1) is 4.47 Å². The van der Waals surface area contributed by atoms with Crippen LogP contribution in [0.15, 0.2) is 63.6 Å². The number of amides is 1. The van der Waals surface area contributed by atoms with Gasteiger partial charge in [-0.25, -0.2) is 0 Å². The van der Waals surface area contributed by atoms with Crippen molar-refractivity contribution in [2.75, 3.05) is 11.9 Å². The van der Waals surface area contributed by atoms with E-state index in [-0.39, 0.29) is 5.57 Å². The molecule has 0 saturated heterocycles. The van der Waals surface area contributed by atoms with Gasteiger partial charge in [-0.15, -0.1) is 0 Å². The molecule has 0 unspecified atom stereocenters. The minimum Gasteiger partial charge on any atom is -0.488 e. The van der Waals surface area contributed by atoms with E-state index in [0.29, 0.717) is 28.1 Å². The molecule has 0 bridgehead atoms. The number of hydrogen-bond acceptors (Lipinski definition) is 3. The number of benzene rings is 2. The van der Waals surface area contributed by atoms with E-state index in [4.69, 9.17) is 4.74 Å². The fraction of sp³-hybridized carbons (Fsp3) is 0.100. The van der Waals surface area contributed by atoms with E-state index < -0.39 is 5.91 Å². The first-order valence-corrected chi connectivity index (χ1v) is 9.25. The van der Waals surface area contributed by atoms with E-state index in [1.807, 2.05) is 37.3 Å². The van der Waals surface area contributed by atoms with Crippen LogP contribution in [0, 0.1) is 18.3 Å². The van der Waals surface area contributed by atoms with Crippen LogP contribution in [0.3, 0.4) is 0 Å².